The average molecular weight is 307 g/mol. The standard InChI is InChI=1S/C14H21N3O.C2H4O2/c18-14-12-7-2-1-6-11(12)13(16-17-14)9-10-5-3-4-8-15-10;1-2(3)4/h10,15H,1-9H2,(H,17,18);1H3,(H,3,4). The average Bonchev–Trinajstić information content (AvgIpc) is 2.51. The summed E-state index contributed by atoms with van der Waals surface area (Å²) in [5.74, 6) is -0.833. The minimum Gasteiger partial charge on any atom is -0.481 e. The van der Waals surface area contributed by atoms with E-state index >= 15 is 0 Å². The van der Waals surface area contributed by atoms with Crippen LogP contribution in [0.1, 0.15) is 55.8 Å². The molecule has 0 bridgehead atoms. The van der Waals surface area contributed by atoms with Crippen LogP contribution in [0.4, 0.5) is 0 Å². The Kier molecular flexibility index (Phi) is 6.12. The Morgan fingerprint density at radius 1 is 1.23 bits per heavy atom. The lowest BCUT2D eigenvalue weighted by atomic mass is 9.89. The summed E-state index contributed by atoms with van der Waals surface area (Å²) in [6.45, 7) is 2.20. The number of hydrogen-bond donors (Lipinski definition) is 3. The van der Waals surface area contributed by atoms with Gasteiger partial charge >= 0.3 is 0 Å². The second-order valence-electron chi connectivity index (χ2n) is 6.03. The Labute approximate surface area is 130 Å². The fourth-order valence-corrected chi connectivity index (χ4v) is 3.23. The lowest BCUT2D eigenvalue weighted by Crippen LogP contribution is -2.37. The maximum atomic E-state index is 11.8. The van der Waals surface area contributed by atoms with Gasteiger partial charge < -0.3 is 10.4 Å². The minimum atomic E-state index is -0.833. The Balaban J connectivity index is 0.000000396. The lowest BCUT2D eigenvalue weighted by Gasteiger charge is -2.25. The number of H-pyrrole nitrogens is 1. The van der Waals surface area contributed by atoms with Gasteiger partial charge in [0.1, 0.15) is 0 Å². The molecule has 0 radical (unpaired) electrons. The second-order valence-corrected chi connectivity index (χ2v) is 6.03. The molecule has 122 valence electrons. The molecule has 0 amide bonds. The van der Waals surface area contributed by atoms with Crippen LogP contribution in [0.25, 0.3) is 0 Å². The van der Waals surface area contributed by atoms with E-state index in [1.54, 1.807) is 0 Å². The van der Waals surface area contributed by atoms with E-state index < -0.39 is 5.97 Å². The third kappa shape index (κ3) is 4.66. The number of nitrogens with zero attached hydrogens (tertiary/aromatic N) is 1. The fourth-order valence-electron chi connectivity index (χ4n) is 3.23. The van der Waals surface area contributed by atoms with E-state index in [0.717, 1.165) is 50.4 Å². The van der Waals surface area contributed by atoms with Crippen LogP contribution in [0, 0.1) is 0 Å². The molecule has 1 aromatic rings. The summed E-state index contributed by atoms with van der Waals surface area (Å²) in [5, 5.41) is 18.0. The van der Waals surface area contributed by atoms with Crippen molar-refractivity contribution in [2.24, 2.45) is 0 Å². The van der Waals surface area contributed by atoms with E-state index in [4.69, 9.17) is 9.90 Å². The fraction of sp³-hybridized carbons (Fsp3) is 0.688. The van der Waals surface area contributed by atoms with Crippen molar-refractivity contribution >= 4 is 5.97 Å². The van der Waals surface area contributed by atoms with Crippen LogP contribution in [0.5, 0.6) is 0 Å². The molecule has 3 N–H and O–H groups in total. The number of carbonyl (C=O) groups is 1. The molecule has 0 spiro atoms. The molecular weight excluding hydrogens is 282 g/mol. The first kappa shape index (κ1) is 16.7. The maximum absolute atomic E-state index is 11.8. The normalized spacial score (nSPS) is 20.5. The Morgan fingerprint density at radius 3 is 2.55 bits per heavy atom. The van der Waals surface area contributed by atoms with E-state index in [1.165, 1.54) is 31.2 Å². The van der Waals surface area contributed by atoms with Gasteiger partial charge in [0.2, 0.25) is 0 Å². The Morgan fingerprint density at radius 2 is 1.91 bits per heavy atom. The topological polar surface area (TPSA) is 95.1 Å². The number of nitrogens with one attached hydrogen (secondary N) is 2. The lowest BCUT2D eigenvalue weighted by molar-refractivity contribution is -0.134. The van der Waals surface area contributed by atoms with Crippen LogP contribution >= 0.6 is 0 Å². The van der Waals surface area contributed by atoms with Gasteiger partial charge in [-0.05, 0) is 50.6 Å². The summed E-state index contributed by atoms with van der Waals surface area (Å²) >= 11 is 0. The zero-order valence-electron chi connectivity index (χ0n) is 13.2. The molecule has 0 aromatic carbocycles. The summed E-state index contributed by atoms with van der Waals surface area (Å²) in [5.41, 5.74) is 3.41. The summed E-state index contributed by atoms with van der Waals surface area (Å²) in [6.07, 6.45) is 9.10. The van der Waals surface area contributed by atoms with Crippen molar-refractivity contribution in [1.82, 2.24) is 15.5 Å². The first-order valence-corrected chi connectivity index (χ1v) is 8.10. The van der Waals surface area contributed by atoms with Crippen molar-refractivity contribution in [1.29, 1.82) is 0 Å². The first-order chi connectivity index (χ1) is 10.6. The number of carboxylic acid groups (broad SMARTS) is 1. The predicted octanol–water partition coefficient (Wildman–Crippen LogP) is 1.42. The van der Waals surface area contributed by atoms with Crippen LogP contribution in [0.15, 0.2) is 4.79 Å². The van der Waals surface area contributed by atoms with Gasteiger partial charge in [-0.25, -0.2) is 5.10 Å². The molecule has 1 atom stereocenters. The first-order valence-electron chi connectivity index (χ1n) is 8.10. The number of aromatic amines is 1. The third-order valence-corrected chi connectivity index (χ3v) is 4.23. The van der Waals surface area contributed by atoms with E-state index in [1.807, 2.05) is 0 Å². The van der Waals surface area contributed by atoms with Gasteiger partial charge in [-0.15, -0.1) is 0 Å². The van der Waals surface area contributed by atoms with Crippen molar-refractivity contribution in [3.05, 3.63) is 27.2 Å². The van der Waals surface area contributed by atoms with Crippen molar-refractivity contribution in [2.45, 2.75) is 64.3 Å². The van der Waals surface area contributed by atoms with E-state index in [-0.39, 0.29) is 5.56 Å². The van der Waals surface area contributed by atoms with Crippen molar-refractivity contribution in [2.75, 3.05) is 6.54 Å². The van der Waals surface area contributed by atoms with E-state index in [0.29, 0.717) is 6.04 Å². The van der Waals surface area contributed by atoms with Crippen molar-refractivity contribution in [3.8, 4) is 0 Å². The van der Waals surface area contributed by atoms with Crippen LogP contribution in [0.3, 0.4) is 0 Å². The van der Waals surface area contributed by atoms with Crippen molar-refractivity contribution in [3.63, 3.8) is 0 Å². The zero-order valence-corrected chi connectivity index (χ0v) is 13.2. The Hall–Kier alpha value is -1.69. The van der Waals surface area contributed by atoms with Crippen LogP contribution in [-0.2, 0) is 24.1 Å². The molecule has 1 saturated heterocycles. The van der Waals surface area contributed by atoms with Gasteiger partial charge in [-0.3, -0.25) is 9.59 Å². The number of fused-ring (bicyclic) bond motifs is 1. The second kappa shape index (κ2) is 8.08. The highest BCUT2D eigenvalue weighted by Crippen LogP contribution is 2.22. The summed E-state index contributed by atoms with van der Waals surface area (Å²) in [7, 11) is 0. The molecule has 1 fully saturated rings. The molecule has 1 aliphatic carbocycles. The molecule has 1 aliphatic heterocycles. The van der Waals surface area contributed by atoms with E-state index in [2.05, 4.69) is 15.5 Å². The zero-order chi connectivity index (χ0) is 15.9. The monoisotopic (exact) mass is 307 g/mol. The highest BCUT2D eigenvalue weighted by molar-refractivity contribution is 5.62. The number of rotatable bonds is 2. The largest absolute Gasteiger partial charge is 0.481 e. The van der Waals surface area contributed by atoms with Crippen LogP contribution in [0.2, 0.25) is 0 Å². The van der Waals surface area contributed by atoms with Crippen LogP contribution in [-0.4, -0.2) is 33.9 Å². The minimum absolute atomic E-state index is 0.0325. The smallest absolute Gasteiger partial charge is 0.300 e. The van der Waals surface area contributed by atoms with Gasteiger partial charge in [0.25, 0.3) is 11.5 Å². The van der Waals surface area contributed by atoms with Crippen molar-refractivity contribution < 1.29 is 9.90 Å². The SMILES string of the molecule is CC(=O)O.O=c1[nH]nc(CC2CCCCN2)c2c1CCCC2. The highest BCUT2D eigenvalue weighted by atomic mass is 16.4. The summed E-state index contributed by atoms with van der Waals surface area (Å²) in [4.78, 5) is 20.8. The molecule has 1 aromatic heterocycles. The molecule has 2 aliphatic rings. The number of carboxylic acids is 1. The van der Waals surface area contributed by atoms with Gasteiger partial charge in [-0.1, -0.05) is 6.42 Å². The quantitative estimate of drug-likeness (QED) is 0.768. The molecular formula is C16H25N3O3. The molecule has 22 heavy (non-hydrogen) atoms. The molecule has 2 heterocycles. The Bertz CT molecular complexity index is 558. The molecule has 3 rings (SSSR count). The molecule has 6 nitrogen and oxygen atoms in total. The van der Waals surface area contributed by atoms with Crippen LogP contribution < -0.4 is 10.9 Å². The highest BCUT2D eigenvalue weighted by Gasteiger charge is 2.21. The predicted molar refractivity (Wildman–Crippen MR) is 84.2 cm³/mol. The number of aromatic nitrogens is 2. The maximum Gasteiger partial charge on any atom is 0.300 e. The van der Waals surface area contributed by atoms with E-state index in [9.17, 15) is 4.79 Å². The number of aliphatic carboxylic acids is 1. The third-order valence-electron chi connectivity index (χ3n) is 4.23. The molecule has 6 heteroatoms. The number of piperidine rings is 1. The van der Waals surface area contributed by atoms with Gasteiger partial charge in [0.05, 0.1) is 5.69 Å². The number of hydrogen-bond acceptors (Lipinski definition) is 4. The van der Waals surface area contributed by atoms with Gasteiger partial charge in [0, 0.05) is 24.9 Å². The summed E-state index contributed by atoms with van der Waals surface area (Å²) < 4.78 is 0. The molecule has 0 saturated carbocycles. The van der Waals surface area contributed by atoms with Gasteiger partial charge in [-0.2, -0.15) is 5.10 Å². The summed E-state index contributed by atoms with van der Waals surface area (Å²) in [6, 6.07) is 0.545. The molecule has 1 unspecified atom stereocenters. The van der Waals surface area contributed by atoms with Gasteiger partial charge in [0.15, 0.2) is 0 Å².